The van der Waals surface area contributed by atoms with Crippen LogP contribution in [0, 0.1) is 22.7 Å². The molecule has 0 aromatic rings. The standard InChI is InChI=1S/C14H26O2/c1-9-7-14(13(4,5)15)8-10(9)11(16-6)12(14,2)3/h9-11,15H,7-8H2,1-6H3/t9-,10?,11-,14?/m1/s1/i15T. The van der Waals surface area contributed by atoms with Gasteiger partial charge in [-0.25, -0.2) is 0 Å². The van der Waals surface area contributed by atoms with Gasteiger partial charge in [-0.2, -0.15) is 0 Å². The van der Waals surface area contributed by atoms with Crippen molar-refractivity contribution in [3.8, 4) is 0 Å². The minimum Gasteiger partial charge on any atom is -0.390 e. The van der Waals surface area contributed by atoms with Gasteiger partial charge in [-0.05, 0) is 43.9 Å². The van der Waals surface area contributed by atoms with Crippen LogP contribution < -0.4 is 0 Å². The van der Waals surface area contributed by atoms with E-state index in [-0.39, 0.29) is 10.8 Å². The first kappa shape index (κ1) is 11.0. The molecule has 0 spiro atoms. The second-order valence-corrected chi connectivity index (χ2v) is 7.02. The van der Waals surface area contributed by atoms with E-state index in [0.717, 1.165) is 12.8 Å². The SMILES string of the molecule is [3H]OC(C)(C)C12CC([C@H](C)C1)[C@@H](OC)C2(C)C. The molecular weight excluding hydrogens is 200 g/mol. The lowest BCUT2D eigenvalue weighted by Gasteiger charge is -2.53. The molecule has 2 unspecified atom stereocenters. The van der Waals surface area contributed by atoms with Crippen molar-refractivity contribution < 1.29 is 9.85 Å². The summed E-state index contributed by atoms with van der Waals surface area (Å²) in [6, 6.07) is 0. The van der Waals surface area contributed by atoms with Gasteiger partial charge in [-0.1, -0.05) is 20.8 Å². The van der Waals surface area contributed by atoms with E-state index < -0.39 is 5.60 Å². The van der Waals surface area contributed by atoms with Gasteiger partial charge in [0.05, 0.1) is 11.7 Å². The third kappa shape index (κ3) is 1.20. The molecule has 16 heavy (non-hydrogen) atoms. The van der Waals surface area contributed by atoms with Crippen LogP contribution in [0.25, 0.3) is 0 Å². The zero-order chi connectivity index (χ0) is 13.1. The Morgan fingerprint density at radius 1 is 1.38 bits per heavy atom. The molecule has 2 nitrogen and oxygen atoms in total. The van der Waals surface area contributed by atoms with Crippen molar-refractivity contribution in [2.75, 3.05) is 7.11 Å². The zero-order valence-corrected chi connectivity index (χ0v) is 11.5. The Morgan fingerprint density at radius 3 is 2.44 bits per heavy atom. The predicted octanol–water partition coefficient (Wildman–Crippen LogP) is 2.84. The minimum atomic E-state index is -0.410. The molecule has 1 N–H and O–H groups in total. The third-order valence-corrected chi connectivity index (χ3v) is 5.73. The number of ether oxygens (including phenoxy) is 1. The molecule has 0 heterocycles. The highest BCUT2D eigenvalue weighted by atomic mass is 16.5. The summed E-state index contributed by atoms with van der Waals surface area (Å²) in [4.78, 5) is 0. The summed E-state index contributed by atoms with van der Waals surface area (Å²) in [5.74, 6) is 1.28. The van der Waals surface area contributed by atoms with Crippen molar-refractivity contribution >= 4 is 0 Å². The Kier molecular flexibility index (Phi) is 2.23. The molecule has 2 aliphatic carbocycles. The van der Waals surface area contributed by atoms with E-state index in [1.807, 2.05) is 7.11 Å². The first-order chi connectivity index (χ1) is 7.73. The maximum absolute atomic E-state index is 7.44. The van der Waals surface area contributed by atoms with Crippen LogP contribution in [-0.2, 0) is 4.74 Å². The van der Waals surface area contributed by atoms with Crippen LogP contribution in [0.4, 0.5) is 0 Å². The fourth-order valence-corrected chi connectivity index (χ4v) is 4.86. The van der Waals surface area contributed by atoms with Crippen molar-refractivity contribution in [1.82, 2.24) is 0 Å². The van der Waals surface area contributed by atoms with Crippen LogP contribution in [-0.4, -0.2) is 25.4 Å². The molecule has 0 aliphatic heterocycles. The molecule has 0 radical (unpaired) electrons. The Balaban J connectivity index is 2.47. The summed E-state index contributed by atoms with van der Waals surface area (Å²) in [5.41, 5.74) is -0.275. The molecule has 0 aromatic carbocycles. The van der Waals surface area contributed by atoms with Gasteiger partial charge in [0.1, 0.15) is 0 Å². The minimum absolute atomic E-state index is 0.0620. The lowest BCUT2D eigenvalue weighted by Crippen LogP contribution is -2.55. The van der Waals surface area contributed by atoms with Gasteiger partial charge in [-0.3, -0.25) is 0 Å². The van der Waals surface area contributed by atoms with Gasteiger partial charge < -0.3 is 9.85 Å². The highest BCUT2D eigenvalue weighted by Crippen LogP contribution is 2.70. The number of aliphatic hydroxyl groups is 1. The first-order valence-electron chi connectivity index (χ1n) is 6.81. The van der Waals surface area contributed by atoms with Gasteiger partial charge in [0.15, 0.2) is 0 Å². The summed E-state index contributed by atoms with van der Waals surface area (Å²) < 4.78 is 13.2. The van der Waals surface area contributed by atoms with Crippen molar-refractivity contribution in [3.63, 3.8) is 0 Å². The lowest BCUT2D eigenvalue weighted by atomic mass is 9.55. The second kappa shape index (κ2) is 3.23. The van der Waals surface area contributed by atoms with Crippen LogP contribution in [0.5, 0.6) is 0 Å². The van der Waals surface area contributed by atoms with Gasteiger partial charge in [0.25, 0.3) is 0 Å². The Hall–Kier alpha value is -0.0800. The van der Waals surface area contributed by atoms with Gasteiger partial charge in [0, 0.05) is 12.5 Å². The van der Waals surface area contributed by atoms with Crippen molar-refractivity contribution in [2.24, 2.45) is 22.7 Å². The van der Waals surface area contributed by atoms with E-state index in [4.69, 9.17) is 11.3 Å². The Labute approximate surface area is 101 Å². The molecule has 2 heteroatoms. The van der Waals surface area contributed by atoms with E-state index >= 15 is 0 Å². The van der Waals surface area contributed by atoms with Crippen molar-refractivity contribution in [2.45, 2.75) is 59.2 Å². The molecule has 94 valence electrons. The van der Waals surface area contributed by atoms with Crippen LogP contribution in [0.3, 0.4) is 0 Å². The topological polar surface area (TPSA) is 29.5 Å². The van der Waals surface area contributed by atoms with Crippen molar-refractivity contribution in [3.05, 3.63) is 0 Å². The average molecular weight is 228 g/mol. The smallest absolute Gasteiger partial charge is 0.211 e. The summed E-state index contributed by atoms with van der Waals surface area (Å²) in [7, 11) is 1.82. The highest BCUT2D eigenvalue weighted by Gasteiger charge is 2.69. The molecule has 0 amide bonds. The number of fused-ring (bicyclic) bond motifs is 2. The van der Waals surface area contributed by atoms with Crippen LogP contribution >= 0.6 is 0 Å². The number of hydrogen-bond acceptors (Lipinski definition) is 2. The van der Waals surface area contributed by atoms with E-state index in [1.165, 1.54) is 0 Å². The Morgan fingerprint density at radius 2 is 2.00 bits per heavy atom. The van der Waals surface area contributed by atoms with E-state index in [1.54, 1.807) is 0 Å². The number of methoxy groups -OCH3 is 1. The molecule has 2 fully saturated rings. The zero-order valence-electron chi connectivity index (χ0n) is 12.5. The van der Waals surface area contributed by atoms with E-state index in [0.29, 0.717) is 17.9 Å². The third-order valence-electron chi connectivity index (χ3n) is 5.73. The number of hydrogen-bond donors (Lipinski definition) is 1. The van der Waals surface area contributed by atoms with Gasteiger partial charge in [0.2, 0.25) is 1.43 Å². The summed E-state index contributed by atoms with van der Waals surface area (Å²) in [5, 5.41) is 5.11. The molecule has 0 aromatic heterocycles. The number of rotatable bonds is 3. The predicted molar refractivity (Wildman–Crippen MR) is 65.2 cm³/mol. The monoisotopic (exact) mass is 228 g/mol. The quantitative estimate of drug-likeness (QED) is 0.805. The molecule has 2 rings (SSSR count). The summed E-state index contributed by atoms with van der Waals surface area (Å²) in [6.07, 6.45) is 2.57. The normalized spacial score (nSPS) is 47.1. The fraction of sp³-hybridized carbons (Fsp3) is 1.00. The first-order valence-corrected chi connectivity index (χ1v) is 6.40. The fourth-order valence-electron chi connectivity index (χ4n) is 4.86. The molecule has 4 atom stereocenters. The Bertz CT molecular complexity index is 313. The largest absolute Gasteiger partial charge is 0.390 e. The molecular formula is C14H26O2. The molecule has 2 bridgehead atoms. The van der Waals surface area contributed by atoms with E-state index in [9.17, 15) is 0 Å². The summed E-state index contributed by atoms with van der Waals surface area (Å²) in [6.45, 7) is 11.0. The maximum atomic E-state index is 7.44. The van der Waals surface area contributed by atoms with E-state index in [2.05, 4.69) is 34.6 Å². The lowest BCUT2D eigenvalue weighted by molar-refractivity contribution is -0.156. The average Bonchev–Trinajstić information content (AvgIpc) is 2.69. The highest BCUT2D eigenvalue weighted by molar-refractivity contribution is 5.18. The van der Waals surface area contributed by atoms with Crippen LogP contribution in [0.2, 0.25) is 0 Å². The van der Waals surface area contributed by atoms with Crippen LogP contribution in [0.15, 0.2) is 0 Å². The second-order valence-electron chi connectivity index (χ2n) is 7.02. The maximum Gasteiger partial charge on any atom is 0.211 e. The van der Waals surface area contributed by atoms with Gasteiger partial charge >= 0.3 is 0 Å². The molecule has 2 aliphatic rings. The van der Waals surface area contributed by atoms with Gasteiger partial charge in [-0.15, -0.1) is 0 Å². The van der Waals surface area contributed by atoms with Crippen LogP contribution in [0.1, 0.15) is 47.5 Å². The van der Waals surface area contributed by atoms with Crippen molar-refractivity contribution in [1.29, 1.82) is 1.43 Å². The molecule has 2 saturated carbocycles. The summed E-state index contributed by atoms with van der Waals surface area (Å²) >= 11 is 0. The molecule has 0 saturated heterocycles.